The number of nitrogens with zero attached hydrogens (tertiary/aromatic N) is 2. The minimum absolute atomic E-state index is 0. The lowest BCUT2D eigenvalue weighted by molar-refractivity contribution is -0.135. The second kappa shape index (κ2) is 8.84. The molecule has 0 radical (unpaired) electrons. The highest BCUT2D eigenvalue weighted by atomic mass is 35.5. The Hall–Kier alpha value is -1.10. The molecular weight excluding hydrogens is 322 g/mol. The molecule has 1 saturated carbocycles. The predicted molar refractivity (Wildman–Crippen MR) is 100 cm³/mol. The number of hydrogen-bond acceptors (Lipinski definition) is 3. The number of benzene rings is 1. The molecule has 5 heteroatoms. The second-order valence-electron chi connectivity index (χ2n) is 7.00. The average molecular weight is 352 g/mol. The lowest BCUT2D eigenvalue weighted by Crippen LogP contribution is -2.54. The van der Waals surface area contributed by atoms with Gasteiger partial charge in [0, 0.05) is 19.1 Å². The number of likely N-dealkylation sites (N-methyl/N-ethyl adjacent to an activating group) is 1. The van der Waals surface area contributed by atoms with Gasteiger partial charge >= 0.3 is 0 Å². The second-order valence-corrected chi connectivity index (χ2v) is 7.00. The topological polar surface area (TPSA) is 49.6 Å². The lowest BCUT2D eigenvalue weighted by atomic mass is 9.88. The molecule has 2 fully saturated rings. The maximum absolute atomic E-state index is 12.9. The Kier molecular flexibility index (Phi) is 7.08. The molecule has 1 aliphatic carbocycles. The van der Waals surface area contributed by atoms with Crippen LogP contribution in [0.25, 0.3) is 0 Å². The number of nitrogens with two attached hydrogens (primary N) is 1. The number of carbonyl (C=O) groups is 1. The normalized spacial score (nSPS) is 25.8. The van der Waals surface area contributed by atoms with Gasteiger partial charge in [-0.25, -0.2) is 0 Å². The van der Waals surface area contributed by atoms with Gasteiger partial charge in [0.15, 0.2) is 0 Å². The van der Waals surface area contributed by atoms with E-state index in [2.05, 4.69) is 4.90 Å². The fourth-order valence-corrected chi connectivity index (χ4v) is 4.23. The smallest absolute Gasteiger partial charge is 0.244 e. The first kappa shape index (κ1) is 19.2. The fourth-order valence-electron chi connectivity index (χ4n) is 4.23. The molecule has 0 bridgehead atoms. The van der Waals surface area contributed by atoms with Crippen LogP contribution in [0, 0.1) is 0 Å². The molecule has 4 nitrogen and oxygen atoms in total. The van der Waals surface area contributed by atoms with Crippen molar-refractivity contribution in [2.24, 2.45) is 5.73 Å². The summed E-state index contributed by atoms with van der Waals surface area (Å²) in [5.74, 6) is 0.0484. The number of hydrogen-bond donors (Lipinski definition) is 1. The largest absolute Gasteiger partial charge is 0.340 e. The van der Waals surface area contributed by atoms with Crippen molar-refractivity contribution in [2.75, 3.05) is 20.1 Å². The van der Waals surface area contributed by atoms with Gasteiger partial charge in [-0.3, -0.25) is 9.69 Å². The summed E-state index contributed by atoms with van der Waals surface area (Å²) in [6.07, 6.45) is 7.40. The molecule has 1 unspecified atom stereocenters. The van der Waals surface area contributed by atoms with Crippen LogP contribution in [0.3, 0.4) is 0 Å². The first-order chi connectivity index (χ1) is 11.2. The van der Waals surface area contributed by atoms with E-state index in [4.69, 9.17) is 5.73 Å². The summed E-state index contributed by atoms with van der Waals surface area (Å²) in [6.45, 7) is 2.38. The fraction of sp³-hybridized carbons (Fsp3) is 0.632. The zero-order valence-electron chi connectivity index (χ0n) is 14.6. The van der Waals surface area contributed by atoms with Crippen molar-refractivity contribution in [3.63, 3.8) is 0 Å². The predicted octanol–water partition coefficient (Wildman–Crippen LogP) is 2.97. The maximum Gasteiger partial charge on any atom is 0.244 e. The third kappa shape index (κ3) is 4.11. The van der Waals surface area contributed by atoms with Crippen molar-refractivity contribution in [2.45, 2.75) is 56.7 Å². The highest BCUT2D eigenvalue weighted by molar-refractivity contribution is 5.85. The molecule has 3 rings (SSSR count). The SMILES string of the molecule is CN(C(=O)C(N)c1ccccc1)[C@@H]1CCCC[C@H]1N1CCCC1.Cl. The number of rotatable bonds is 4. The molecule has 1 aliphatic heterocycles. The molecule has 1 saturated heterocycles. The molecular formula is C19H30ClN3O. The van der Waals surface area contributed by atoms with Gasteiger partial charge in [0.1, 0.15) is 6.04 Å². The standard InChI is InChI=1S/C19H29N3O.ClH/c1-21(19(23)18(20)15-9-3-2-4-10-15)16-11-5-6-12-17(16)22-13-7-8-14-22;/h2-4,9-10,16-18H,5-8,11-14,20H2,1H3;1H/t16-,17-,18?;/m1./s1. The molecule has 2 aliphatic rings. The molecule has 24 heavy (non-hydrogen) atoms. The van der Waals surface area contributed by atoms with Crippen LogP contribution >= 0.6 is 12.4 Å². The number of carbonyl (C=O) groups excluding carboxylic acids is 1. The third-order valence-electron chi connectivity index (χ3n) is 5.57. The minimum Gasteiger partial charge on any atom is -0.340 e. The summed E-state index contributed by atoms with van der Waals surface area (Å²) in [4.78, 5) is 17.4. The van der Waals surface area contributed by atoms with Crippen molar-refractivity contribution in [1.82, 2.24) is 9.80 Å². The van der Waals surface area contributed by atoms with Gasteiger partial charge in [-0.05, 0) is 44.3 Å². The van der Waals surface area contributed by atoms with Gasteiger partial charge in [-0.1, -0.05) is 43.2 Å². The molecule has 1 aromatic rings. The van der Waals surface area contributed by atoms with Gasteiger partial charge in [0.2, 0.25) is 5.91 Å². The van der Waals surface area contributed by atoms with E-state index in [9.17, 15) is 4.79 Å². The number of amides is 1. The van der Waals surface area contributed by atoms with Crippen molar-refractivity contribution in [3.8, 4) is 0 Å². The number of likely N-dealkylation sites (tertiary alicyclic amines) is 1. The highest BCUT2D eigenvalue weighted by Crippen LogP contribution is 2.30. The number of halogens is 1. The Morgan fingerprint density at radius 1 is 1.12 bits per heavy atom. The van der Waals surface area contributed by atoms with Gasteiger partial charge in [0.05, 0.1) is 0 Å². The molecule has 2 N–H and O–H groups in total. The summed E-state index contributed by atoms with van der Waals surface area (Å²) < 4.78 is 0. The average Bonchev–Trinajstić information content (AvgIpc) is 3.15. The van der Waals surface area contributed by atoms with E-state index in [0.717, 1.165) is 12.0 Å². The van der Waals surface area contributed by atoms with E-state index < -0.39 is 6.04 Å². The van der Waals surface area contributed by atoms with E-state index in [0.29, 0.717) is 12.1 Å². The lowest BCUT2D eigenvalue weighted by Gasteiger charge is -2.43. The van der Waals surface area contributed by atoms with Crippen LogP contribution < -0.4 is 5.73 Å². The van der Waals surface area contributed by atoms with E-state index in [1.807, 2.05) is 42.3 Å². The summed E-state index contributed by atoms with van der Waals surface area (Å²) >= 11 is 0. The Bertz CT molecular complexity index is 519. The van der Waals surface area contributed by atoms with Crippen molar-refractivity contribution >= 4 is 18.3 Å². The zero-order valence-corrected chi connectivity index (χ0v) is 15.4. The van der Waals surface area contributed by atoms with E-state index in [-0.39, 0.29) is 18.3 Å². The maximum atomic E-state index is 12.9. The molecule has 0 aromatic heterocycles. The monoisotopic (exact) mass is 351 g/mol. The molecule has 1 amide bonds. The Balaban J connectivity index is 0.00000208. The van der Waals surface area contributed by atoms with Crippen LogP contribution in [-0.2, 0) is 4.79 Å². The molecule has 1 aromatic carbocycles. The minimum atomic E-state index is -0.553. The zero-order chi connectivity index (χ0) is 16.2. The Morgan fingerprint density at radius 2 is 1.75 bits per heavy atom. The highest BCUT2D eigenvalue weighted by Gasteiger charge is 2.36. The molecule has 0 spiro atoms. The van der Waals surface area contributed by atoms with Crippen molar-refractivity contribution < 1.29 is 4.79 Å². The Labute approximate surface area is 151 Å². The van der Waals surface area contributed by atoms with Crippen molar-refractivity contribution in [3.05, 3.63) is 35.9 Å². The van der Waals surface area contributed by atoms with E-state index in [1.165, 1.54) is 45.2 Å². The van der Waals surface area contributed by atoms with Gasteiger partial charge in [0.25, 0.3) is 0 Å². The quantitative estimate of drug-likeness (QED) is 0.907. The van der Waals surface area contributed by atoms with Crippen LogP contribution in [0.2, 0.25) is 0 Å². The molecule has 1 heterocycles. The van der Waals surface area contributed by atoms with Gasteiger partial charge < -0.3 is 10.6 Å². The third-order valence-corrected chi connectivity index (χ3v) is 5.57. The summed E-state index contributed by atoms with van der Waals surface area (Å²) in [7, 11) is 1.95. The van der Waals surface area contributed by atoms with Crippen LogP contribution in [-0.4, -0.2) is 47.9 Å². The van der Waals surface area contributed by atoms with Crippen LogP contribution in [0.5, 0.6) is 0 Å². The van der Waals surface area contributed by atoms with Crippen LogP contribution in [0.15, 0.2) is 30.3 Å². The van der Waals surface area contributed by atoms with E-state index in [1.54, 1.807) is 0 Å². The molecule has 134 valence electrons. The molecule has 3 atom stereocenters. The van der Waals surface area contributed by atoms with Crippen LogP contribution in [0.4, 0.5) is 0 Å². The van der Waals surface area contributed by atoms with Gasteiger partial charge in [-0.15, -0.1) is 12.4 Å². The van der Waals surface area contributed by atoms with E-state index >= 15 is 0 Å². The summed E-state index contributed by atoms with van der Waals surface area (Å²) in [6, 6.07) is 9.99. The Morgan fingerprint density at radius 3 is 2.42 bits per heavy atom. The van der Waals surface area contributed by atoms with Gasteiger partial charge in [-0.2, -0.15) is 0 Å². The first-order valence-electron chi connectivity index (χ1n) is 8.99. The first-order valence-corrected chi connectivity index (χ1v) is 8.99. The summed E-state index contributed by atoms with van der Waals surface area (Å²) in [5, 5.41) is 0. The summed E-state index contributed by atoms with van der Waals surface area (Å²) in [5.41, 5.74) is 7.14. The van der Waals surface area contributed by atoms with Crippen LogP contribution in [0.1, 0.15) is 50.1 Å². The van der Waals surface area contributed by atoms with Crippen molar-refractivity contribution in [1.29, 1.82) is 0 Å².